The van der Waals surface area contributed by atoms with Crippen molar-refractivity contribution >= 4 is 11.9 Å². The fourth-order valence-electron chi connectivity index (χ4n) is 2.22. The zero-order valence-corrected chi connectivity index (χ0v) is 14.3. The maximum atomic E-state index is 12.4. The summed E-state index contributed by atoms with van der Waals surface area (Å²) in [5.74, 6) is -0.349. The first-order valence-corrected chi connectivity index (χ1v) is 7.76. The number of aryl methyl sites for hydroxylation is 2. The molecule has 0 saturated heterocycles. The Hall–Kier alpha value is -2.70. The third-order valence-electron chi connectivity index (χ3n) is 3.75. The molecule has 1 atom stereocenters. The van der Waals surface area contributed by atoms with Gasteiger partial charge in [0.15, 0.2) is 12.4 Å². The average molecular weight is 330 g/mol. The minimum Gasteiger partial charge on any atom is -0.456 e. The number of esters is 1. The van der Waals surface area contributed by atoms with Crippen LogP contribution >= 0.6 is 0 Å². The van der Waals surface area contributed by atoms with E-state index in [-0.39, 0.29) is 18.4 Å². The average Bonchev–Trinajstić information content (AvgIpc) is 2.95. The summed E-state index contributed by atoms with van der Waals surface area (Å²) in [7, 11) is 1.72. The van der Waals surface area contributed by atoms with E-state index in [9.17, 15) is 9.59 Å². The summed E-state index contributed by atoms with van der Waals surface area (Å²) < 4.78 is 6.81. The van der Waals surface area contributed by atoms with Gasteiger partial charge in [-0.3, -0.25) is 9.48 Å². The molecule has 1 amide bonds. The van der Waals surface area contributed by atoms with Gasteiger partial charge in [0, 0.05) is 12.6 Å². The van der Waals surface area contributed by atoms with Gasteiger partial charge in [-0.1, -0.05) is 32.0 Å². The highest BCUT2D eigenvalue weighted by molar-refractivity contribution is 5.98. The van der Waals surface area contributed by atoms with E-state index in [1.165, 1.54) is 11.0 Å². The molecule has 0 aliphatic carbocycles. The molecular weight excluding hydrogens is 308 g/mol. The predicted molar refractivity (Wildman–Crippen MR) is 88.1 cm³/mol. The standard InChI is InChI=1S/C17H22N4O3/c1-11(2)15(17(23)24-9-14-18-10-19-21(14)4)20-16(22)13-8-6-5-7-12(13)3/h5-8,10-11,15H,9H2,1-4H3,(H,20,22)/t15-/m0/s1. The van der Waals surface area contributed by atoms with Crippen molar-refractivity contribution in [2.24, 2.45) is 13.0 Å². The van der Waals surface area contributed by atoms with Gasteiger partial charge in [0.25, 0.3) is 5.91 Å². The number of hydrogen-bond donors (Lipinski definition) is 1. The van der Waals surface area contributed by atoms with Crippen LogP contribution in [0.15, 0.2) is 30.6 Å². The van der Waals surface area contributed by atoms with Crippen LogP contribution in [0.3, 0.4) is 0 Å². The van der Waals surface area contributed by atoms with Crippen LogP contribution in [0.1, 0.15) is 35.6 Å². The minimum absolute atomic E-state index is 0.0127. The molecule has 128 valence electrons. The molecule has 0 radical (unpaired) electrons. The highest BCUT2D eigenvalue weighted by Gasteiger charge is 2.27. The number of hydrogen-bond acceptors (Lipinski definition) is 5. The molecule has 0 unspecified atom stereocenters. The van der Waals surface area contributed by atoms with Gasteiger partial charge in [-0.2, -0.15) is 5.10 Å². The molecule has 1 aromatic carbocycles. The smallest absolute Gasteiger partial charge is 0.329 e. The number of nitrogens with one attached hydrogen (secondary N) is 1. The lowest BCUT2D eigenvalue weighted by Crippen LogP contribution is -2.45. The lowest BCUT2D eigenvalue weighted by atomic mass is 10.0. The Bertz CT molecular complexity index is 724. The van der Waals surface area contributed by atoms with Crippen molar-refractivity contribution in [3.8, 4) is 0 Å². The molecular formula is C17H22N4O3. The molecule has 24 heavy (non-hydrogen) atoms. The second-order valence-corrected chi connectivity index (χ2v) is 5.92. The van der Waals surface area contributed by atoms with Gasteiger partial charge in [-0.15, -0.1) is 0 Å². The van der Waals surface area contributed by atoms with Gasteiger partial charge in [-0.05, 0) is 24.5 Å². The number of amides is 1. The Balaban J connectivity index is 2.03. The number of nitrogens with zero attached hydrogens (tertiary/aromatic N) is 3. The van der Waals surface area contributed by atoms with E-state index >= 15 is 0 Å². The van der Waals surface area contributed by atoms with Crippen LogP contribution in [-0.2, 0) is 23.2 Å². The zero-order valence-electron chi connectivity index (χ0n) is 14.3. The Morgan fingerprint density at radius 1 is 1.29 bits per heavy atom. The third kappa shape index (κ3) is 4.18. The largest absolute Gasteiger partial charge is 0.456 e. The van der Waals surface area contributed by atoms with Crippen molar-refractivity contribution in [1.82, 2.24) is 20.1 Å². The Kier molecular flexibility index (Phi) is 5.68. The van der Waals surface area contributed by atoms with Crippen molar-refractivity contribution in [1.29, 1.82) is 0 Å². The number of rotatable bonds is 6. The Morgan fingerprint density at radius 2 is 2.00 bits per heavy atom. The summed E-state index contributed by atoms with van der Waals surface area (Å²) in [5.41, 5.74) is 1.40. The van der Waals surface area contributed by atoms with E-state index in [4.69, 9.17) is 4.74 Å². The van der Waals surface area contributed by atoms with Gasteiger partial charge in [-0.25, -0.2) is 9.78 Å². The minimum atomic E-state index is -0.731. The summed E-state index contributed by atoms with van der Waals surface area (Å²) in [4.78, 5) is 28.8. The van der Waals surface area contributed by atoms with E-state index in [1.807, 2.05) is 32.9 Å². The monoisotopic (exact) mass is 330 g/mol. The van der Waals surface area contributed by atoms with Crippen LogP contribution in [0.4, 0.5) is 0 Å². The summed E-state index contributed by atoms with van der Waals surface area (Å²) in [6.07, 6.45) is 1.39. The number of aromatic nitrogens is 3. The maximum Gasteiger partial charge on any atom is 0.329 e. The highest BCUT2D eigenvalue weighted by atomic mass is 16.5. The van der Waals surface area contributed by atoms with Gasteiger partial charge >= 0.3 is 5.97 Å². The van der Waals surface area contributed by atoms with Crippen LogP contribution in [0.2, 0.25) is 0 Å². The van der Waals surface area contributed by atoms with Crippen LogP contribution in [0.5, 0.6) is 0 Å². The van der Waals surface area contributed by atoms with E-state index in [1.54, 1.807) is 19.2 Å². The first kappa shape index (κ1) is 17.7. The molecule has 1 N–H and O–H groups in total. The lowest BCUT2D eigenvalue weighted by molar-refractivity contribution is -0.148. The normalized spacial score (nSPS) is 12.0. The topological polar surface area (TPSA) is 86.1 Å². The third-order valence-corrected chi connectivity index (χ3v) is 3.75. The van der Waals surface area contributed by atoms with Gasteiger partial charge in [0.1, 0.15) is 12.4 Å². The molecule has 2 rings (SSSR count). The van der Waals surface area contributed by atoms with Crippen molar-refractivity contribution in [3.05, 3.63) is 47.5 Å². The Labute approximate surface area is 141 Å². The van der Waals surface area contributed by atoms with Crippen LogP contribution in [0, 0.1) is 12.8 Å². The quantitative estimate of drug-likeness (QED) is 0.814. The van der Waals surface area contributed by atoms with Crippen molar-refractivity contribution in [3.63, 3.8) is 0 Å². The SMILES string of the molecule is Cc1ccccc1C(=O)N[C@H](C(=O)OCc1ncnn1C)C(C)C. The number of carbonyl (C=O) groups is 2. The molecule has 7 heteroatoms. The van der Waals surface area contributed by atoms with E-state index in [2.05, 4.69) is 15.4 Å². The van der Waals surface area contributed by atoms with Crippen LogP contribution in [0.25, 0.3) is 0 Å². The van der Waals surface area contributed by atoms with E-state index in [0.29, 0.717) is 11.4 Å². The first-order chi connectivity index (χ1) is 11.4. The molecule has 0 fully saturated rings. The molecule has 0 aliphatic rings. The second kappa shape index (κ2) is 7.72. The van der Waals surface area contributed by atoms with Crippen molar-refractivity contribution < 1.29 is 14.3 Å². The Morgan fingerprint density at radius 3 is 2.58 bits per heavy atom. The van der Waals surface area contributed by atoms with E-state index < -0.39 is 12.0 Å². The second-order valence-electron chi connectivity index (χ2n) is 5.92. The molecule has 0 aliphatic heterocycles. The first-order valence-electron chi connectivity index (χ1n) is 7.76. The van der Waals surface area contributed by atoms with Crippen molar-refractivity contribution in [2.75, 3.05) is 0 Å². The molecule has 1 heterocycles. The number of carbonyl (C=O) groups excluding carboxylic acids is 2. The predicted octanol–water partition coefficient (Wildman–Crippen LogP) is 1.62. The van der Waals surface area contributed by atoms with Crippen LogP contribution < -0.4 is 5.32 Å². The molecule has 2 aromatic rings. The summed E-state index contributed by atoms with van der Waals surface area (Å²) >= 11 is 0. The molecule has 0 spiro atoms. The van der Waals surface area contributed by atoms with Gasteiger partial charge in [0.05, 0.1) is 0 Å². The molecule has 1 aromatic heterocycles. The van der Waals surface area contributed by atoms with E-state index in [0.717, 1.165) is 5.56 Å². The van der Waals surface area contributed by atoms with Gasteiger partial charge < -0.3 is 10.1 Å². The van der Waals surface area contributed by atoms with Crippen LogP contribution in [-0.4, -0.2) is 32.7 Å². The summed E-state index contributed by atoms with van der Waals surface area (Å²) in [6.45, 7) is 5.57. The molecule has 0 bridgehead atoms. The highest BCUT2D eigenvalue weighted by Crippen LogP contribution is 2.10. The fourth-order valence-corrected chi connectivity index (χ4v) is 2.22. The summed E-state index contributed by atoms with van der Waals surface area (Å²) in [6, 6.07) is 6.50. The zero-order chi connectivity index (χ0) is 17.7. The van der Waals surface area contributed by atoms with Crippen molar-refractivity contribution in [2.45, 2.75) is 33.4 Å². The lowest BCUT2D eigenvalue weighted by Gasteiger charge is -2.21. The number of benzene rings is 1. The molecule has 7 nitrogen and oxygen atoms in total. The summed E-state index contributed by atoms with van der Waals surface area (Å²) in [5, 5.41) is 6.68. The number of ether oxygens (including phenoxy) is 1. The fraction of sp³-hybridized carbons (Fsp3) is 0.412. The maximum absolute atomic E-state index is 12.4. The molecule has 0 saturated carbocycles. The van der Waals surface area contributed by atoms with Gasteiger partial charge in [0.2, 0.25) is 0 Å².